The Balaban J connectivity index is 0.00000237. The quantitative estimate of drug-likeness (QED) is 0.152. The fourth-order valence-corrected chi connectivity index (χ4v) is 3.98. The minimum absolute atomic E-state index is 0.0151. The lowest BCUT2D eigenvalue weighted by molar-refractivity contribution is -0.121. The van der Waals surface area contributed by atoms with Crippen LogP contribution in [0.1, 0.15) is 75.7 Å². The van der Waals surface area contributed by atoms with E-state index in [1.807, 2.05) is 104 Å². The van der Waals surface area contributed by atoms with Gasteiger partial charge in [0.1, 0.15) is 11.3 Å². The molecule has 0 aliphatic carbocycles. The van der Waals surface area contributed by atoms with Crippen LogP contribution in [0.15, 0.2) is 70.7 Å². The highest BCUT2D eigenvalue weighted by Gasteiger charge is 2.11. The number of fused-ring (bicyclic) bond motifs is 1. The van der Waals surface area contributed by atoms with Gasteiger partial charge in [-0.05, 0) is 69.4 Å². The Labute approximate surface area is 245 Å². The normalized spacial score (nSPS) is 11.3. The Bertz CT molecular complexity index is 1170. The maximum absolute atomic E-state index is 12.4. The highest BCUT2D eigenvalue weighted by atomic mass is 32.2. The van der Waals surface area contributed by atoms with Gasteiger partial charge in [0, 0.05) is 22.9 Å². The molecule has 0 saturated heterocycles. The molecule has 0 fully saturated rings. The van der Waals surface area contributed by atoms with Crippen LogP contribution < -0.4 is 10.6 Å². The van der Waals surface area contributed by atoms with Crippen molar-refractivity contribution in [1.82, 2.24) is 35.0 Å². The van der Waals surface area contributed by atoms with Gasteiger partial charge in [-0.25, -0.2) is 9.50 Å². The molecule has 0 atom stereocenters. The SMILES string of the molecule is CC.CC.CC.C\C=C(/C=C\C(=C/C)Sc1nc(Nc2ccn[nH]2)c2cccn2n1)NC(=O)CN(CC)CCC. The van der Waals surface area contributed by atoms with Crippen LogP contribution in [0.4, 0.5) is 11.6 Å². The molecule has 3 aromatic rings. The van der Waals surface area contributed by atoms with Crippen LogP contribution in [0.25, 0.3) is 5.52 Å². The smallest absolute Gasteiger partial charge is 0.238 e. The number of likely N-dealkylation sites (N-methyl/N-ethyl adjacent to an activating group) is 1. The van der Waals surface area contributed by atoms with Crippen molar-refractivity contribution in [2.75, 3.05) is 25.0 Å². The molecular weight excluding hydrogens is 520 g/mol. The van der Waals surface area contributed by atoms with E-state index in [9.17, 15) is 4.79 Å². The summed E-state index contributed by atoms with van der Waals surface area (Å²) in [5.74, 6) is 1.41. The number of carbonyl (C=O) groups is 1. The van der Waals surface area contributed by atoms with E-state index in [0.717, 1.165) is 41.4 Å². The lowest BCUT2D eigenvalue weighted by atomic mass is 10.3. The molecule has 3 rings (SSSR count). The zero-order chi connectivity index (χ0) is 30.3. The number of anilines is 2. The molecule has 1 amide bonds. The van der Waals surface area contributed by atoms with Gasteiger partial charge in [-0.15, -0.1) is 5.10 Å². The number of aromatic amines is 1. The summed E-state index contributed by atoms with van der Waals surface area (Å²) in [5, 5.41) is 18.3. The summed E-state index contributed by atoms with van der Waals surface area (Å²) in [7, 11) is 0. The van der Waals surface area contributed by atoms with E-state index in [2.05, 4.69) is 44.7 Å². The van der Waals surface area contributed by atoms with Crippen molar-refractivity contribution < 1.29 is 4.79 Å². The number of amides is 1. The molecule has 3 heterocycles. The van der Waals surface area contributed by atoms with Crippen molar-refractivity contribution in [1.29, 1.82) is 0 Å². The third-order valence-electron chi connectivity index (χ3n) is 5.00. The van der Waals surface area contributed by atoms with E-state index >= 15 is 0 Å². The van der Waals surface area contributed by atoms with Crippen LogP contribution in [0, 0.1) is 0 Å². The Morgan fingerprint density at radius 1 is 1.07 bits per heavy atom. The van der Waals surface area contributed by atoms with E-state index in [-0.39, 0.29) is 5.91 Å². The molecule has 0 aliphatic rings. The molecular formula is C30H50N8OS. The Morgan fingerprint density at radius 3 is 2.38 bits per heavy atom. The molecule has 3 N–H and O–H groups in total. The average Bonchev–Trinajstić information content (AvgIpc) is 3.70. The Hall–Kier alpha value is -3.37. The van der Waals surface area contributed by atoms with Crippen molar-refractivity contribution in [3.05, 3.63) is 65.5 Å². The molecule has 0 aromatic carbocycles. The summed E-state index contributed by atoms with van der Waals surface area (Å²) >= 11 is 1.44. The van der Waals surface area contributed by atoms with Gasteiger partial charge in [0.15, 0.2) is 5.82 Å². The number of nitrogens with zero attached hydrogens (tertiary/aromatic N) is 5. The first-order valence-electron chi connectivity index (χ1n) is 14.4. The number of hydrogen-bond donors (Lipinski definition) is 3. The zero-order valence-electron chi connectivity index (χ0n) is 26.1. The van der Waals surface area contributed by atoms with Crippen molar-refractivity contribution >= 4 is 34.8 Å². The van der Waals surface area contributed by atoms with Crippen LogP contribution in [-0.2, 0) is 4.79 Å². The van der Waals surface area contributed by atoms with Crippen LogP contribution in [0.2, 0.25) is 0 Å². The molecule has 3 aromatic heterocycles. The topological polar surface area (TPSA) is 103 Å². The Morgan fingerprint density at radius 2 is 1.80 bits per heavy atom. The molecule has 9 nitrogen and oxygen atoms in total. The number of nitrogens with one attached hydrogen (secondary N) is 3. The molecule has 0 saturated carbocycles. The molecule has 0 bridgehead atoms. The van der Waals surface area contributed by atoms with Crippen molar-refractivity contribution in [2.24, 2.45) is 0 Å². The van der Waals surface area contributed by atoms with Gasteiger partial charge in [-0.2, -0.15) is 5.10 Å². The van der Waals surface area contributed by atoms with E-state index < -0.39 is 0 Å². The summed E-state index contributed by atoms with van der Waals surface area (Å²) < 4.78 is 1.79. The van der Waals surface area contributed by atoms with Gasteiger partial charge in [0.25, 0.3) is 0 Å². The number of hydrogen-bond acceptors (Lipinski definition) is 7. The van der Waals surface area contributed by atoms with Crippen molar-refractivity contribution in [2.45, 2.75) is 80.8 Å². The van der Waals surface area contributed by atoms with E-state index in [1.165, 1.54) is 11.8 Å². The Kier molecular flexibility index (Phi) is 20.6. The fraction of sp³-hybridized carbons (Fsp3) is 0.467. The first-order valence-corrected chi connectivity index (χ1v) is 15.2. The van der Waals surface area contributed by atoms with Gasteiger partial charge in [-0.1, -0.05) is 67.5 Å². The number of thioether (sulfide) groups is 1. The third kappa shape index (κ3) is 12.7. The predicted octanol–water partition coefficient (Wildman–Crippen LogP) is 7.58. The highest BCUT2D eigenvalue weighted by molar-refractivity contribution is 8.03. The molecule has 222 valence electrons. The summed E-state index contributed by atoms with van der Waals surface area (Å²) in [6, 6.07) is 5.71. The van der Waals surface area contributed by atoms with Gasteiger partial charge >= 0.3 is 0 Å². The van der Waals surface area contributed by atoms with Crippen molar-refractivity contribution in [3.63, 3.8) is 0 Å². The number of rotatable bonds is 12. The van der Waals surface area contributed by atoms with E-state index in [0.29, 0.717) is 17.5 Å². The van der Waals surface area contributed by atoms with Gasteiger partial charge < -0.3 is 10.6 Å². The van der Waals surface area contributed by atoms with Gasteiger partial charge in [0.05, 0.1) is 12.7 Å². The maximum atomic E-state index is 12.4. The van der Waals surface area contributed by atoms with E-state index in [1.54, 1.807) is 10.7 Å². The fourth-order valence-electron chi connectivity index (χ4n) is 3.25. The van der Waals surface area contributed by atoms with Crippen LogP contribution in [0.3, 0.4) is 0 Å². The number of carbonyl (C=O) groups excluding carboxylic acids is 1. The zero-order valence-corrected chi connectivity index (χ0v) is 26.9. The highest BCUT2D eigenvalue weighted by Crippen LogP contribution is 2.28. The first-order chi connectivity index (χ1) is 19.6. The number of aromatic nitrogens is 5. The monoisotopic (exact) mass is 570 g/mol. The summed E-state index contributed by atoms with van der Waals surface area (Å²) in [6.45, 7) is 22.2. The summed E-state index contributed by atoms with van der Waals surface area (Å²) in [4.78, 5) is 20.2. The van der Waals surface area contributed by atoms with Crippen molar-refractivity contribution in [3.8, 4) is 0 Å². The molecule has 10 heteroatoms. The predicted molar refractivity (Wildman–Crippen MR) is 172 cm³/mol. The molecule has 0 spiro atoms. The van der Waals surface area contributed by atoms with Gasteiger partial charge in [-0.3, -0.25) is 14.8 Å². The minimum Gasteiger partial charge on any atom is -0.325 e. The first kappa shape index (κ1) is 36.6. The largest absolute Gasteiger partial charge is 0.325 e. The molecule has 0 unspecified atom stereocenters. The van der Waals surface area contributed by atoms with E-state index in [4.69, 9.17) is 4.98 Å². The number of allylic oxidation sites excluding steroid dienone is 4. The lowest BCUT2D eigenvalue weighted by Crippen LogP contribution is -2.36. The second kappa shape index (κ2) is 22.4. The maximum Gasteiger partial charge on any atom is 0.238 e. The lowest BCUT2D eigenvalue weighted by Gasteiger charge is -2.18. The summed E-state index contributed by atoms with van der Waals surface area (Å²) in [5.41, 5.74) is 1.61. The average molecular weight is 571 g/mol. The van der Waals surface area contributed by atoms with Gasteiger partial charge in [0.2, 0.25) is 11.1 Å². The molecule has 0 aliphatic heterocycles. The minimum atomic E-state index is -0.0151. The molecule has 40 heavy (non-hydrogen) atoms. The molecule has 0 radical (unpaired) electrons. The third-order valence-corrected chi connectivity index (χ3v) is 5.96. The van der Waals surface area contributed by atoms with Crippen LogP contribution >= 0.6 is 11.8 Å². The second-order valence-electron chi connectivity index (χ2n) is 7.46. The summed E-state index contributed by atoms with van der Waals surface area (Å²) in [6.07, 6.45) is 12.3. The standard InChI is InChI=1S/C24H32N8OS.3C2H6/c1-5-15-31(8-4)17-22(33)26-18(6-2)11-12-19(7-3)34-24-28-23(27-21-13-14-25-29-21)20-10-9-16-32(20)30-24;3*1-2/h6-7,9-14,16H,5,8,15,17H2,1-4H3,(H,26,33)(H2,25,27,28,29,30);3*1-2H3/b12-11-,18-6+,19-7+;;;. The van der Waals surface area contributed by atoms with Crippen LogP contribution in [-0.4, -0.2) is 55.2 Å². The van der Waals surface area contributed by atoms with Crippen LogP contribution in [0.5, 0.6) is 0 Å². The second-order valence-corrected chi connectivity index (χ2v) is 8.50. The number of H-pyrrole nitrogens is 1.